The van der Waals surface area contributed by atoms with Crippen molar-refractivity contribution < 1.29 is 4.79 Å². The van der Waals surface area contributed by atoms with Gasteiger partial charge in [0.25, 0.3) is 0 Å². The quantitative estimate of drug-likeness (QED) is 0.900. The Kier molecular flexibility index (Phi) is 5.36. The molecule has 1 amide bonds. The number of amides is 1. The molecular weight excluding hydrogens is 350 g/mol. The lowest BCUT2D eigenvalue weighted by Gasteiger charge is -2.32. The third-order valence-electron chi connectivity index (χ3n) is 4.42. The van der Waals surface area contributed by atoms with Crippen LogP contribution in [-0.2, 0) is 4.79 Å². The predicted molar refractivity (Wildman–Crippen MR) is 98.7 cm³/mol. The third-order valence-corrected chi connectivity index (χ3v) is 4.74. The van der Waals surface area contributed by atoms with Crippen molar-refractivity contribution in [2.75, 3.05) is 23.3 Å². The second kappa shape index (κ2) is 7.86. The molecule has 3 rings (SSSR count). The average Bonchev–Trinajstić information content (AvgIpc) is 2.68. The molecule has 0 spiro atoms. The van der Waals surface area contributed by atoms with E-state index in [4.69, 9.17) is 22.1 Å². The monoisotopic (exact) mass is 365 g/mol. The van der Waals surface area contributed by atoms with Crippen molar-refractivity contribution in [1.29, 1.82) is 10.5 Å². The highest BCUT2D eigenvalue weighted by atomic mass is 35.5. The molecule has 1 aliphatic rings. The van der Waals surface area contributed by atoms with Gasteiger partial charge in [-0.3, -0.25) is 4.79 Å². The summed E-state index contributed by atoms with van der Waals surface area (Å²) >= 11 is 6.00. The molecular formula is C19H16ClN5O. The van der Waals surface area contributed by atoms with Crippen LogP contribution in [-0.4, -0.2) is 24.0 Å². The number of hydrogen-bond donors (Lipinski definition) is 1. The molecule has 2 aromatic rings. The molecule has 0 radical (unpaired) electrons. The Labute approximate surface area is 156 Å². The Balaban J connectivity index is 1.57. The van der Waals surface area contributed by atoms with Crippen molar-refractivity contribution in [2.24, 2.45) is 5.92 Å². The molecule has 2 heterocycles. The molecule has 130 valence electrons. The van der Waals surface area contributed by atoms with E-state index < -0.39 is 0 Å². The number of pyridine rings is 1. The van der Waals surface area contributed by atoms with Crippen LogP contribution in [0.25, 0.3) is 0 Å². The summed E-state index contributed by atoms with van der Waals surface area (Å²) < 4.78 is 0. The molecule has 0 atom stereocenters. The van der Waals surface area contributed by atoms with Crippen LogP contribution in [0.4, 0.5) is 11.5 Å². The maximum Gasteiger partial charge on any atom is 0.227 e. The van der Waals surface area contributed by atoms with Crippen LogP contribution in [0.15, 0.2) is 36.5 Å². The average molecular weight is 366 g/mol. The van der Waals surface area contributed by atoms with Crippen molar-refractivity contribution in [3.8, 4) is 12.1 Å². The number of benzene rings is 1. The van der Waals surface area contributed by atoms with Gasteiger partial charge in [-0.25, -0.2) is 4.98 Å². The van der Waals surface area contributed by atoms with Crippen LogP contribution in [0.3, 0.4) is 0 Å². The first-order chi connectivity index (χ1) is 12.6. The number of hydrogen-bond acceptors (Lipinski definition) is 5. The van der Waals surface area contributed by atoms with Gasteiger partial charge in [0.15, 0.2) is 0 Å². The number of halogens is 1. The highest BCUT2D eigenvalue weighted by Gasteiger charge is 2.25. The fourth-order valence-corrected chi connectivity index (χ4v) is 3.16. The van der Waals surface area contributed by atoms with Crippen molar-refractivity contribution in [3.05, 3.63) is 52.7 Å². The Morgan fingerprint density at radius 2 is 1.96 bits per heavy atom. The van der Waals surface area contributed by atoms with Crippen LogP contribution in [0.5, 0.6) is 0 Å². The lowest BCUT2D eigenvalue weighted by Crippen LogP contribution is -2.38. The number of piperidine rings is 1. The molecule has 1 N–H and O–H groups in total. The summed E-state index contributed by atoms with van der Waals surface area (Å²) in [5.41, 5.74) is 1.51. The van der Waals surface area contributed by atoms with Gasteiger partial charge in [-0.1, -0.05) is 11.6 Å². The second-order valence-corrected chi connectivity index (χ2v) is 6.48. The van der Waals surface area contributed by atoms with Gasteiger partial charge in [-0.2, -0.15) is 10.5 Å². The Hall–Kier alpha value is -3.09. The first-order valence-corrected chi connectivity index (χ1v) is 8.60. The molecule has 1 aromatic carbocycles. The first-order valence-electron chi connectivity index (χ1n) is 8.22. The molecule has 1 aromatic heterocycles. The summed E-state index contributed by atoms with van der Waals surface area (Å²) in [6.07, 6.45) is 3.00. The fraction of sp³-hybridized carbons (Fsp3) is 0.263. The number of anilines is 2. The molecule has 26 heavy (non-hydrogen) atoms. The summed E-state index contributed by atoms with van der Waals surface area (Å²) in [7, 11) is 0. The predicted octanol–water partition coefficient (Wildman–Crippen LogP) is 3.33. The van der Waals surface area contributed by atoms with Crippen LogP contribution >= 0.6 is 11.6 Å². The molecule has 0 unspecified atom stereocenters. The highest BCUT2D eigenvalue weighted by Crippen LogP contribution is 2.25. The van der Waals surface area contributed by atoms with Crippen molar-refractivity contribution >= 4 is 29.0 Å². The fourth-order valence-electron chi connectivity index (χ4n) is 2.94. The molecule has 1 aliphatic heterocycles. The largest absolute Gasteiger partial charge is 0.357 e. The molecule has 6 nitrogen and oxygen atoms in total. The van der Waals surface area contributed by atoms with Gasteiger partial charge in [-0.05, 0) is 43.2 Å². The zero-order valence-electron chi connectivity index (χ0n) is 13.9. The summed E-state index contributed by atoms with van der Waals surface area (Å²) in [6, 6.07) is 12.5. The van der Waals surface area contributed by atoms with E-state index in [2.05, 4.69) is 21.3 Å². The second-order valence-electron chi connectivity index (χ2n) is 6.07. The van der Waals surface area contributed by atoms with Gasteiger partial charge in [0.05, 0.1) is 16.1 Å². The lowest BCUT2D eigenvalue weighted by molar-refractivity contribution is -0.120. The van der Waals surface area contributed by atoms with Crippen molar-refractivity contribution in [2.45, 2.75) is 12.8 Å². The smallest absolute Gasteiger partial charge is 0.227 e. The zero-order chi connectivity index (χ0) is 18.5. The zero-order valence-corrected chi connectivity index (χ0v) is 14.7. The molecule has 1 saturated heterocycles. The van der Waals surface area contributed by atoms with E-state index in [0.717, 1.165) is 31.7 Å². The molecule has 7 heteroatoms. The number of nitriles is 2. The topological polar surface area (TPSA) is 92.8 Å². The van der Waals surface area contributed by atoms with E-state index in [1.807, 2.05) is 12.1 Å². The minimum atomic E-state index is -0.0842. The maximum atomic E-state index is 12.5. The Morgan fingerprint density at radius 1 is 1.19 bits per heavy atom. The van der Waals surface area contributed by atoms with E-state index in [0.29, 0.717) is 21.8 Å². The lowest BCUT2D eigenvalue weighted by atomic mass is 9.95. The van der Waals surface area contributed by atoms with E-state index in [1.165, 1.54) is 0 Å². The standard InChI is InChI=1S/C19H16ClN5O/c20-17-9-16(3-2-15(17)11-22)24-19(26)14-5-7-25(8-6-14)18-4-1-13(10-21)12-23-18/h1-4,9,12,14H,5-8H2,(H,24,26). The summed E-state index contributed by atoms with van der Waals surface area (Å²) in [4.78, 5) is 18.9. The number of carbonyl (C=O) groups is 1. The SMILES string of the molecule is N#Cc1ccc(N2CCC(C(=O)Nc3ccc(C#N)c(Cl)c3)CC2)nc1. The molecule has 0 bridgehead atoms. The number of rotatable bonds is 3. The maximum absolute atomic E-state index is 12.5. The highest BCUT2D eigenvalue weighted by molar-refractivity contribution is 6.32. The first kappa shape index (κ1) is 17.7. The van der Waals surface area contributed by atoms with Gasteiger partial charge in [0.1, 0.15) is 18.0 Å². The van der Waals surface area contributed by atoms with E-state index >= 15 is 0 Å². The normalized spacial score (nSPS) is 14.3. The Morgan fingerprint density at radius 3 is 2.54 bits per heavy atom. The van der Waals surface area contributed by atoms with Crippen molar-refractivity contribution in [3.63, 3.8) is 0 Å². The van der Waals surface area contributed by atoms with Gasteiger partial charge in [0, 0.05) is 30.9 Å². The van der Waals surface area contributed by atoms with Crippen LogP contribution in [0.1, 0.15) is 24.0 Å². The van der Waals surface area contributed by atoms with Crippen LogP contribution in [0, 0.1) is 28.6 Å². The van der Waals surface area contributed by atoms with E-state index in [1.54, 1.807) is 30.5 Å². The minimum absolute atomic E-state index is 0.0433. The third kappa shape index (κ3) is 3.93. The van der Waals surface area contributed by atoms with Gasteiger partial charge in [-0.15, -0.1) is 0 Å². The number of carbonyl (C=O) groups excluding carboxylic acids is 1. The number of nitrogens with zero attached hydrogens (tertiary/aromatic N) is 4. The number of nitrogens with one attached hydrogen (secondary N) is 1. The van der Waals surface area contributed by atoms with Crippen molar-refractivity contribution in [1.82, 2.24) is 4.98 Å². The molecule has 0 aliphatic carbocycles. The van der Waals surface area contributed by atoms with Crippen LogP contribution in [0.2, 0.25) is 5.02 Å². The van der Waals surface area contributed by atoms with Crippen LogP contribution < -0.4 is 10.2 Å². The van der Waals surface area contributed by atoms with E-state index in [9.17, 15) is 4.79 Å². The van der Waals surface area contributed by atoms with Gasteiger partial charge < -0.3 is 10.2 Å². The Bertz CT molecular complexity index is 890. The summed E-state index contributed by atoms with van der Waals surface area (Å²) in [5, 5.41) is 20.9. The molecule has 0 saturated carbocycles. The minimum Gasteiger partial charge on any atom is -0.357 e. The molecule has 1 fully saturated rings. The van der Waals surface area contributed by atoms with E-state index in [-0.39, 0.29) is 11.8 Å². The summed E-state index contributed by atoms with van der Waals surface area (Å²) in [6.45, 7) is 1.45. The summed E-state index contributed by atoms with van der Waals surface area (Å²) in [5.74, 6) is 0.694. The number of aromatic nitrogens is 1. The van der Waals surface area contributed by atoms with Gasteiger partial charge >= 0.3 is 0 Å². The van der Waals surface area contributed by atoms with Gasteiger partial charge in [0.2, 0.25) is 5.91 Å².